The third-order valence-corrected chi connectivity index (χ3v) is 4.54. The number of aromatic nitrogens is 2. The number of aliphatic hydroxyl groups excluding tert-OH is 1. The fraction of sp³-hybridized carbons (Fsp3) is 0.647. The summed E-state index contributed by atoms with van der Waals surface area (Å²) in [7, 11) is 0. The average molecular weight is 302 g/mol. The Morgan fingerprint density at radius 3 is 2.91 bits per heavy atom. The number of piperidine rings is 1. The lowest BCUT2D eigenvalue weighted by Gasteiger charge is -2.30. The SMILES string of the molecule is OC1CCN(c2ccnc(NCCC3=CCCCC3)n2)CC1. The quantitative estimate of drug-likeness (QED) is 0.819. The van der Waals surface area contributed by atoms with Crippen molar-refractivity contribution < 1.29 is 5.11 Å². The summed E-state index contributed by atoms with van der Waals surface area (Å²) in [4.78, 5) is 11.1. The minimum Gasteiger partial charge on any atom is -0.393 e. The molecule has 2 N–H and O–H groups in total. The number of nitrogens with zero attached hydrogens (tertiary/aromatic N) is 3. The van der Waals surface area contributed by atoms with E-state index in [1.54, 1.807) is 5.57 Å². The summed E-state index contributed by atoms with van der Waals surface area (Å²) < 4.78 is 0. The van der Waals surface area contributed by atoms with E-state index < -0.39 is 0 Å². The standard InChI is InChI=1S/C17H26N4O/c22-15-8-12-21(13-9-15)16-7-11-19-17(20-16)18-10-6-14-4-2-1-3-5-14/h4,7,11,15,22H,1-3,5-6,8-10,12-13H2,(H,18,19,20). The van der Waals surface area contributed by atoms with Crippen LogP contribution in [0.2, 0.25) is 0 Å². The van der Waals surface area contributed by atoms with Crippen molar-refractivity contribution in [2.45, 2.75) is 51.0 Å². The van der Waals surface area contributed by atoms with Crippen LogP contribution >= 0.6 is 0 Å². The van der Waals surface area contributed by atoms with Gasteiger partial charge in [-0.1, -0.05) is 11.6 Å². The number of nitrogens with one attached hydrogen (secondary N) is 1. The van der Waals surface area contributed by atoms with Gasteiger partial charge in [0.05, 0.1) is 6.10 Å². The number of anilines is 2. The molecular formula is C17H26N4O. The van der Waals surface area contributed by atoms with Gasteiger partial charge in [0.15, 0.2) is 0 Å². The lowest BCUT2D eigenvalue weighted by atomic mass is 9.97. The minimum atomic E-state index is -0.153. The molecule has 1 aliphatic carbocycles. The predicted octanol–water partition coefficient (Wildman–Crippen LogP) is 2.74. The Morgan fingerprint density at radius 2 is 2.14 bits per heavy atom. The highest BCUT2D eigenvalue weighted by Crippen LogP contribution is 2.21. The van der Waals surface area contributed by atoms with Crippen LogP contribution in [0.5, 0.6) is 0 Å². The molecule has 22 heavy (non-hydrogen) atoms. The van der Waals surface area contributed by atoms with Crippen molar-refractivity contribution in [2.75, 3.05) is 29.9 Å². The van der Waals surface area contributed by atoms with Gasteiger partial charge in [0.25, 0.3) is 0 Å². The summed E-state index contributed by atoms with van der Waals surface area (Å²) >= 11 is 0. The summed E-state index contributed by atoms with van der Waals surface area (Å²) in [5.41, 5.74) is 1.57. The van der Waals surface area contributed by atoms with Crippen molar-refractivity contribution in [1.29, 1.82) is 0 Å². The first-order chi connectivity index (χ1) is 10.8. The lowest BCUT2D eigenvalue weighted by Crippen LogP contribution is -2.36. The van der Waals surface area contributed by atoms with E-state index in [4.69, 9.17) is 0 Å². The van der Waals surface area contributed by atoms with Gasteiger partial charge in [-0.2, -0.15) is 4.98 Å². The molecule has 0 atom stereocenters. The maximum atomic E-state index is 9.59. The number of hydrogen-bond acceptors (Lipinski definition) is 5. The molecule has 1 aliphatic heterocycles. The smallest absolute Gasteiger partial charge is 0.224 e. The van der Waals surface area contributed by atoms with Crippen molar-refractivity contribution in [2.24, 2.45) is 0 Å². The molecule has 0 amide bonds. The molecule has 0 spiro atoms. The molecular weight excluding hydrogens is 276 g/mol. The number of rotatable bonds is 5. The Balaban J connectivity index is 1.51. The molecule has 5 nitrogen and oxygen atoms in total. The van der Waals surface area contributed by atoms with Crippen LogP contribution in [0, 0.1) is 0 Å². The van der Waals surface area contributed by atoms with Crippen molar-refractivity contribution >= 4 is 11.8 Å². The Kier molecular flexibility index (Phi) is 5.27. The maximum Gasteiger partial charge on any atom is 0.224 e. The number of aliphatic hydroxyl groups is 1. The summed E-state index contributed by atoms with van der Waals surface area (Å²) in [6, 6.07) is 1.95. The van der Waals surface area contributed by atoms with Gasteiger partial charge >= 0.3 is 0 Å². The van der Waals surface area contributed by atoms with Crippen molar-refractivity contribution in [3.05, 3.63) is 23.9 Å². The molecule has 120 valence electrons. The van der Waals surface area contributed by atoms with E-state index in [0.29, 0.717) is 5.95 Å². The van der Waals surface area contributed by atoms with Crippen LogP contribution in [-0.4, -0.2) is 40.8 Å². The van der Waals surface area contributed by atoms with Crippen molar-refractivity contribution in [3.8, 4) is 0 Å². The van der Waals surface area contributed by atoms with Gasteiger partial charge in [-0.05, 0) is 51.0 Å². The highest BCUT2D eigenvalue weighted by atomic mass is 16.3. The van der Waals surface area contributed by atoms with Gasteiger partial charge in [0.2, 0.25) is 5.95 Å². The van der Waals surface area contributed by atoms with E-state index in [0.717, 1.165) is 44.7 Å². The molecule has 2 aliphatic rings. The van der Waals surface area contributed by atoms with E-state index in [1.165, 1.54) is 25.7 Å². The molecule has 0 bridgehead atoms. The summed E-state index contributed by atoms with van der Waals surface area (Å²) in [6.45, 7) is 2.63. The van der Waals surface area contributed by atoms with E-state index in [1.807, 2.05) is 12.3 Å². The van der Waals surface area contributed by atoms with Crippen LogP contribution in [0.25, 0.3) is 0 Å². The summed E-state index contributed by atoms with van der Waals surface area (Å²) in [6.07, 6.45) is 11.9. The molecule has 0 aromatic carbocycles. The fourth-order valence-electron chi connectivity index (χ4n) is 3.17. The summed E-state index contributed by atoms with van der Waals surface area (Å²) in [5.74, 6) is 1.67. The third-order valence-electron chi connectivity index (χ3n) is 4.54. The molecule has 1 saturated heterocycles. The first kappa shape index (κ1) is 15.3. The van der Waals surface area contributed by atoms with Gasteiger partial charge in [0.1, 0.15) is 5.82 Å². The second-order valence-corrected chi connectivity index (χ2v) is 6.24. The molecule has 0 unspecified atom stereocenters. The van der Waals surface area contributed by atoms with Gasteiger partial charge in [-0.15, -0.1) is 0 Å². The van der Waals surface area contributed by atoms with E-state index in [9.17, 15) is 5.11 Å². The molecule has 3 rings (SSSR count). The third kappa shape index (κ3) is 4.19. The molecule has 1 aromatic rings. The van der Waals surface area contributed by atoms with E-state index in [-0.39, 0.29) is 6.10 Å². The Hall–Kier alpha value is -1.62. The fourth-order valence-corrected chi connectivity index (χ4v) is 3.17. The van der Waals surface area contributed by atoms with E-state index >= 15 is 0 Å². The monoisotopic (exact) mass is 302 g/mol. The van der Waals surface area contributed by atoms with E-state index in [2.05, 4.69) is 26.3 Å². The first-order valence-corrected chi connectivity index (χ1v) is 8.49. The van der Waals surface area contributed by atoms with Crippen molar-refractivity contribution in [3.63, 3.8) is 0 Å². The van der Waals surface area contributed by atoms with Gasteiger partial charge in [-0.3, -0.25) is 0 Å². The second-order valence-electron chi connectivity index (χ2n) is 6.24. The van der Waals surface area contributed by atoms with Gasteiger partial charge < -0.3 is 15.3 Å². The normalized spacial score (nSPS) is 19.9. The Morgan fingerprint density at radius 1 is 1.27 bits per heavy atom. The second kappa shape index (κ2) is 7.58. The highest BCUT2D eigenvalue weighted by molar-refractivity contribution is 5.42. The Bertz CT molecular complexity index is 509. The highest BCUT2D eigenvalue weighted by Gasteiger charge is 2.18. The van der Waals surface area contributed by atoms with Crippen molar-refractivity contribution in [1.82, 2.24) is 9.97 Å². The predicted molar refractivity (Wildman–Crippen MR) is 89.1 cm³/mol. The number of allylic oxidation sites excluding steroid dienone is 1. The summed E-state index contributed by atoms with van der Waals surface area (Å²) in [5, 5.41) is 12.9. The molecule has 0 radical (unpaired) electrons. The van der Waals surface area contributed by atoms with Crippen LogP contribution < -0.4 is 10.2 Å². The lowest BCUT2D eigenvalue weighted by molar-refractivity contribution is 0.145. The maximum absolute atomic E-state index is 9.59. The van der Waals surface area contributed by atoms with Crippen LogP contribution in [0.15, 0.2) is 23.9 Å². The molecule has 2 heterocycles. The topological polar surface area (TPSA) is 61.3 Å². The van der Waals surface area contributed by atoms with Crippen LogP contribution in [0.3, 0.4) is 0 Å². The molecule has 0 saturated carbocycles. The molecule has 1 fully saturated rings. The Labute approximate surface area is 132 Å². The average Bonchev–Trinajstić information content (AvgIpc) is 2.57. The zero-order chi connectivity index (χ0) is 15.2. The first-order valence-electron chi connectivity index (χ1n) is 8.49. The zero-order valence-corrected chi connectivity index (χ0v) is 13.2. The molecule has 1 aromatic heterocycles. The van der Waals surface area contributed by atoms with Gasteiger partial charge in [-0.25, -0.2) is 4.98 Å². The zero-order valence-electron chi connectivity index (χ0n) is 13.2. The van der Waals surface area contributed by atoms with Crippen LogP contribution in [0.1, 0.15) is 44.9 Å². The van der Waals surface area contributed by atoms with Gasteiger partial charge in [0, 0.05) is 25.8 Å². The van der Waals surface area contributed by atoms with Crippen LogP contribution in [-0.2, 0) is 0 Å². The number of hydrogen-bond donors (Lipinski definition) is 2. The minimum absolute atomic E-state index is 0.153. The van der Waals surface area contributed by atoms with Crippen LogP contribution in [0.4, 0.5) is 11.8 Å². The molecule has 5 heteroatoms. The largest absolute Gasteiger partial charge is 0.393 e.